The summed E-state index contributed by atoms with van der Waals surface area (Å²) in [6.07, 6.45) is 1.17. The first-order chi connectivity index (χ1) is 11.7. The number of methoxy groups -OCH3 is 1. The highest BCUT2D eigenvalue weighted by Crippen LogP contribution is 2.21. The van der Waals surface area contributed by atoms with Gasteiger partial charge in [-0.25, -0.2) is 4.98 Å². The summed E-state index contributed by atoms with van der Waals surface area (Å²) in [5.74, 6) is 1.48. The molecule has 1 amide bonds. The van der Waals surface area contributed by atoms with Crippen LogP contribution in [0.1, 0.15) is 17.7 Å². The summed E-state index contributed by atoms with van der Waals surface area (Å²) in [6, 6.07) is 13.3. The van der Waals surface area contributed by atoms with Crippen molar-refractivity contribution in [1.29, 1.82) is 0 Å². The Hall–Kier alpha value is -2.56. The third kappa shape index (κ3) is 3.85. The zero-order valence-electron chi connectivity index (χ0n) is 14.1. The lowest BCUT2D eigenvalue weighted by Gasteiger charge is -2.18. The minimum atomic E-state index is 0.000851. The van der Waals surface area contributed by atoms with E-state index in [1.165, 1.54) is 0 Å². The van der Waals surface area contributed by atoms with Crippen LogP contribution in [0.3, 0.4) is 0 Å². The highest BCUT2D eigenvalue weighted by atomic mass is 16.5. The van der Waals surface area contributed by atoms with E-state index >= 15 is 0 Å². The van der Waals surface area contributed by atoms with Gasteiger partial charge in [0.1, 0.15) is 11.9 Å². The van der Waals surface area contributed by atoms with Crippen LogP contribution >= 0.6 is 0 Å². The molecule has 24 heavy (non-hydrogen) atoms. The second-order valence-corrected chi connectivity index (χ2v) is 5.97. The molecular weight excluding hydrogens is 304 g/mol. The average Bonchev–Trinajstić information content (AvgIpc) is 3.04. The molecule has 0 spiro atoms. The smallest absolute Gasteiger partial charge is 0.227 e. The van der Waals surface area contributed by atoms with E-state index in [2.05, 4.69) is 4.98 Å². The molecule has 1 aromatic carbocycles. The first-order valence-corrected chi connectivity index (χ1v) is 8.15. The second-order valence-electron chi connectivity index (χ2n) is 5.97. The summed E-state index contributed by atoms with van der Waals surface area (Å²) in [4.78, 5) is 18.7. The summed E-state index contributed by atoms with van der Waals surface area (Å²) in [6.45, 7) is 3.25. The Kier molecular flexibility index (Phi) is 4.99. The Morgan fingerprint density at radius 2 is 2.08 bits per heavy atom. The minimum Gasteiger partial charge on any atom is -0.496 e. The largest absolute Gasteiger partial charge is 0.496 e. The summed E-state index contributed by atoms with van der Waals surface area (Å²) >= 11 is 0. The van der Waals surface area contributed by atoms with E-state index in [4.69, 9.17) is 9.47 Å². The first-order valence-electron chi connectivity index (χ1n) is 8.15. The summed E-state index contributed by atoms with van der Waals surface area (Å²) in [7, 11) is 1.62. The fraction of sp³-hybridized carbons (Fsp3) is 0.368. The second kappa shape index (κ2) is 7.34. The van der Waals surface area contributed by atoms with Gasteiger partial charge in [0.2, 0.25) is 11.8 Å². The molecule has 1 aromatic heterocycles. The molecule has 1 saturated heterocycles. The van der Waals surface area contributed by atoms with Crippen molar-refractivity contribution in [3.8, 4) is 11.6 Å². The fourth-order valence-corrected chi connectivity index (χ4v) is 2.93. The molecule has 1 aliphatic heterocycles. The van der Waals surface area contributed by atoms with Crippen LogP contribution in [0.4, 0.5) is 0 Å². The van der Waals surface area contributed by atoms with Crippen molar-refractivity contribution in [3.05, 3.63) is 53.7 Å². The van der Waals surface area contributed by atoms with Gasteiger partial charge in [0.25, 0.3) is 0 Å². The van der Waals surface area contributed by atoms with Gasteiger partial charge in [0.15, 0.2) is 0 Å². The molecular formula is C19H22N2O3. The standard InChI is InChI=1S/C19H22N2O3/c1-14-6-5-9-18(20-14)24-16-10-11-21(13-16)19(22)12-15-7-3-4-8-17(15)23-2/h3-9,16H,10-13H2,1-2H3. The maximum atomic E-state index is 12.5. The van der Waals surface area contributed by atoms with Gasteiger partial charge in [-0.2, -0.15) is 0 Å². The molecule has 0 aliphatic carbocycles. The van der Waals surface area contributed by atoms with Gasteiger partial charge in [-0.3, -0.25) is 4.79 Å². The molecule has 5 heteroatoms. The predicted octanol–water partition coefficient (Wildman–Crippen LogP) is 2.62. The van der Waals surface area contributed by atoms with Crippen LogP contribution < -0.4 is 9.47 Å². The van der Waals surface area contributed by atoms with Gasteiger partial charge in [-0.1, -0.05) is 24.3 Å². The van der Waals surface area contributed by atoms with Crippen molar-refractivity contribution >= 4 is 5.91 Å². The third-order valence-electron chi connectivity index (χ3n) is 4.18. The molecule has 0 bridgehead atoms. The van der Waals surface area contributed by atoms with Crippen LogP contribution in [0.5, 0.6) is 11.6 Å². The topological polar surface area (TPSA) is 51.7 Å². The molecule has 126 valence electrons. The van der Waals surface area contributed by atoms with Crippen molar-refractivity contribution < 1.29 is 14.3 Å². The molecule has 5 nitrogen and oxygen atoms in total. The number of pyridine rings is 1. The quantitative estimate of drug-likeness (QED) is 0.847. The maximum absolute atomic E-state index is 12.5. The normalized spacial score (nSPS) is 16.9. The van der Waals surface area contributed by atoms with E-state index in [1.807, 2.05) is 54.3 Å². The zero-order valence-corrected chi connectivity index (χ0v) is 14.1. The van der Waals surface area contributed by atoms with E-state index in [9.17, 15) is 4.79 Å². The van der Waals surface area contributed by atoms with Crippen LogP contribution in [-0.2, 0) is 11.2 Å². The number of aryl methyl sites for hydroxylation is 1. The van der Waals surface area contributed by atoms with Crippen LogP contribution in [0.2, 0.25) is 0 Å². The number of para-hydroxylation sites is 1. The van der Waals surface area contributed by atoms with Crippen LogP contribution in [-0.4, -0.2) is 42.1 Å². The van der Waals surface area contributed by atoms with Gasteiger partial charge in [-0.05, 0) is 19.1 Å². The lowest BCUT2D eigenvalue weighted by Crippen LogP contribution is -2.32. The van der Waals surface area contributed by atoms with Gasteiger partial charge in [0, 0.05) is 30.3 Å². The first kappa shape index (κ1) is 16.3. The molecule has 1 fully saturated rings. The Labute approximate surface area is 142 Å². The van der Waals surface area contributed by atoms with E-state index in [0.29, 0.717) is 25.4 Å². The van der Waals surface area contributed by atoms with Crippen LogP contribution in [0.25, 0.3) is 0 Å². The number of amides is 1. The van der Waals surface area contributed by atoms with E-state index < -0.39 is 0 Å². The molecule has 2 aromatic rings. The van der Waals surface area contributed by atoms with Crippen molar-refractivity contribution in [2.45, 2.75) is 25.9 Å². The van der Waals surface area contributed by atoms with E-state index in [1.54, 1.807) is 7.11 Å². The van der Waals surface area contributed by atoms with Crippen molar-refractivity contribution in [1.82, 2.24) is 9.88 Å². The molecule has 1 aliphatic rings. The fourth-order valence-electron chi connectivity index (χ4n) is 2.93. The SMILES string of the molecule is COc1ccccc1CC(=O)N1CCC(Oc2cccc(C)n2)C1. The predicted molar refractivity (Wildman–Crippen MR) is 91.3 cm³/mol. The van der Waals surface area contributed by atoms with Gasteiger partial charge < -0.3 is 14.4 Å². The van der Waals surface area contributed by atoms with Crippen molar-refractivity contribution in [3.63, 3.8) is 0 Å². The molecule has 0 N–H and O–H groups in total. The molecule has 0 saturated carbocycles. The Morgan fingerprint density at radius 3 is 2.88 bits per heavy atom. The summed E-state index contributed by atoms with van der Waals surface area (Å²) in [5.41, 5.74) is 1.84. The average molecular weight is 326 g/mol. The minimum absolute atomic E-state index is 0.000851. The number of hydrogen-bond donors (Lipinski definition) is 0. The number of ether oxygens (including phenoxy) is 2. The molecule has 3 rings (SSSR count). The van der Waals surface area contributed by atoms with Gasteiger partial charge in [0.05, 0.1) is 20.1 Å². The highest BCUT2D eigenvalue weighted by molar-refractivity contribution is 5.79. The third-order valence-corrected chi connectivity index (χ3v) is 4.18. The van der Waals surface area contributed by atoms with E-state index in [-0.39, 0.29) is 12.0 Å². The molecule has 2 heterocycles. The molecule has 1 atom stereocenters. The number of benzene rings is 1. The molecule has 1 unspecified atom stereocenters. The number of hydrogen-bond acceptors (Lipinski definition) is 4. The number of carbonyl (C=O) groups is 1. The van der Waals surface area contributed by atoms with Gasteiger partial charge >= 0.3 is 0 Å². The zero-order chi connectivity index (χ0) is 16.9. The highest BCUT2D eigenvalue weighted by Gasteiger charge is 2.28. The number of nitrogens with zero attached hydrogens (tertiary/aromatic N) is 2. The number of likely N-dealkylation sites (tertiary alicyclic amines) is 1. The number of rotatable bonds is 5. The lowest BCUT2D eigenvalue weighted by molar-refractivity contribution is -0.129. The Morgan fingerprint density at radius 1 is 1.25 bits per heavy atom. The monoisotopic (exact) mass is 326 g/mol. The number of carbonyl (C=O) groups excluding carboxylic acids is 1. The summed E-state index contributed by atoms with van der Waals surface area (Å²) < 4.78 is 11.2. The Bertz CT molecular complexity index is 717. The Balaban J connectivity index is 1.58. The van der Waals surface area contributed by atoms with Crippen molar-refractivity contribution in [2.24, 2.45) is 0 Å². The van der Waals surface area contributed by atoms with Crippen LogP contribution in [0.15, 0.2) is 42.5 Å². The van der Waals surface area contributed by atoms with Gasteiger partial charge in [-0.15, -0.1) is 0 Å². The molecule has 0 radical (unpaired) electrons. The lowest BCUT2D eigenvalue weighted by atomic mass is 10.1. The van der Waals surface area contributed by atoms with E-state index in [0.717, 1.165) is 23.4 Å². The van der Waals surface area contributed by atoms with Crippen LogP contribution in [0, 0.1) is 6.92 Å². The van der Waals surface area contributed by atoms with Crippen molar-refractivity contribution in [2.75, 3.05) is 20.2 Å². The summed E-state index contributed by atoms with van der Waals surface area (Å²) in [5, 5.41) is 0. The maximum Gasteiger partial charge on any atom is 0.227 e. The number of aromatic nitrogens is 1.